The molecule has 1 amide bonds. The van der Waals surface area contributed by atoms with Crippen LogP contribution in [0.25, 0.3) is 0 Å². The van der Waals surface area contributed by atoms with Gasteiger partial charge in [0.2, 0.25) is 11.9 Å². The highest BCUT2D eigenvalue weighted by Crippen LogP contribution is 2.30. The van der Waals surface area contributed by atoms with Crippen LogP contribution in [0.4, 0.5) is 5.95 Å². The lowest BCUT2D eigenvalue weighted by Gasteiger charge is -2.45. The van der Waals surface area contributed by atoms with Gasteiger partial charge in [-0.05, 0) is 31.7 Å². The fourth-order valence-corrected chi connectivity index (χ4v) is 3.07. The van der Waals surface area contributed by atoms with Crippen LogP contribution < -0.4 is 10.2 Å². The first-order chi connectivity index (χ1) is 8.77. The fourth-order valence-electron chi connectivity index (χ4n) is 3.07. The summed E-state index contributed by atoms with van der Waals surface area (Å²) in [7, 11) is 0. The summed E-state index contributed by atoms with van der Waals surface area (Å²) in [5.41, 5.74) is -0.0488. The first-order valence-electron chi connectivity index (χ1n) is 6.60. The summed E-state index contributed by atoms with van der Waals surface area (Å²) in [6, 6.07) is 1.82. The highest BCUT2D eigenvalue weighted by Gasteiger charge is 2.39. The predicted octanol–water partition coefficient (Wildman–Crippen LogP) is 1.12. The first-order valence-corrected chi connectivity index (χ1v) is 6.60. The van der Waals surface area contributed by atoms with Gasteiger partial charge in [0.25, 0.3) is 0 Å². The van der Waals surface area contributed by atoms with E-state index in [2.05, 4.69) is 20.2 Å². The molecule has 0 aromatic carbocycles. The molecule has 2 aliphatic heterocycles. The van der Waals surface area contributed by atoms with Gasteiger partial charge < -0.3 is 10.2 Å². The highest BCUT2D eigenvalue weighted by molar-refractivity contribution is 5.77. The normalized spacial score (nSPS) is 28.2. The van der Waals surface area contributed by atoms with E-state index in [-0.39, 0.29) is 11.4 Å². The summed E-state index contributed by atoms with van der Waals surface area (Å²) in [6.07, 6.45) is 8.42. The van der Waals surface area contributed by atoms with E-state index in [9.17, 15) is 4.79 Å². The number of hydrogen-bond acceptors (Lipinski definition) is 4. The minimum absolute atomic E-state index is 0.0488. The Balaban J connectivity index is 1.77. The van der Waals surface area contributed by atoms with Gasteiger partial charge in [0, 0.05) is 31.9 Å². The molecule has 0 radical (unpaired) electrons. The molecule has 0 unspecified atom stereocenters. The number of nitrogens with zero attached hydrogens (tertiary/aromatic N) is 3. The molecule has 1 spiro atoms. The summed E-state index contributed by atoms with van der Waals surface area (Å²) >= 11 is 0. The van der Waals surface area contributed by atoms with Crippen molar-refractivity contribution < 1.29 is 4.79 Å². The van der Waals surface area contributed by atoms with Crippen LogP contribution in [0.15, 0.2) is 18.5 Å². The predicted molar refractivity (Wildman–Crippen MR) is 68.2 cm³/mol. The maximum atomic E-state index is 11.6. The van der Waals surface area contributed by atoms with Gasteiger partial charge in [-0.25, -0.2) is 9.97 Å². The summed E-state index contributed by atoms with van der Waals surface area (Å²) in [6.45, 7) is 1.81. The largest absolute Gasteiger partial charge is 0.349 e. The Kier molecular flexibility index (Phi) is 2.89. The van der Waals surface area contributed by atoms with E-state index in [0.717, 1.165) is 44.7 Å². The molecule has 3 heterocycles. The lowest BCUT2D eigenvalue weighted by atomic mass is 9.81. The number of hydrogen-bond donors (Lipinski definition) is 1. The van der Waals surface area contributed by atoms with Crippen LogP contribution in [0.2, 0.25) is 0 Å². The van der Waals surface area contributed by atoms with Crippen molar-refractivity contribution in [2.24, 2.45) is 0 Å². The summed E-state index contributed by atoms with van der Waals surface area (Å²) in [5.74, 6) is 0.966. The van der Waals surface area contributed by atoms with Crippen molar-refractivity contribution in [3.8, 4) is 0 Å². The maximum absolute atomic E-state index is 11.6. The third-order valence-corrected chi connectivity index (χ3v) is 3.88. The number of nitrogens with one attached hydrogen (secondary N) is 1. The Hall–Kier alpha value is -1.65. The average molecular weight is 246 g/mol. The van der Waals surface area contributed by atoms with E-state index in [1.807, 2.05) is 6.07 Å². The Labute approximate surface area is 107 Å². The molecular formula is C13H18N4O. The number of carbonyl (C=O) groups excluding carboxylic acids is 1. The van der Waals surface area contributed by atoms with Crippen LogP contribution in [0.5, 0.6) is 0 Å². The summed E-state index contributed by atoms with van der Waals surface area (Å²) in [4.78, 5) is 22.4. The Morgan fingerprint density at radius 3 is 2.78 bits per heavy atom. The maximum Gasteiger partial charge on any atom is 0.225 e. The van der Waals surface area contributed by atoms with Gasteiger partial charge in [0.05, 0.1) is 5.54 Å². The summed E-state index contributed by atoms with van der Waals surface area (Å²) < 4.78 is 0. The SMILES string of the molecule is O=C1CCC[C@@]2(CCCN(c3ncccn3)C2)N1. The van der Waals surface area contributed by atoms with Gasteiger partial charge in [-0.15, -0.1) is 0 Å². The number of anilines is 1. The van der Waals surface area contributed by atoms with Crippen LogP contribution in [0.3, 0.4) is 0 Å². The molecule has 2 saturated heterocycles. The van der Waals surface area contributed by atoms with Crippen molar-refractivity contribution in [1.82, 2.24) is 15.3 Å². The highest BCUT2D eigenvalue weighted by atomic mass is 16.1. The fraction of sp³-hybridized carbons (Fsp3) is 0.615. The average Bonchev–Trinajstić information content (AvgIpc) is 2.39. The van der Waals surface area contributed by atoms with Gasteiger partial charge in [-0.1, -0.05) is 0 Å². The molecule has 2 aliphatic rings. The zero-order valence-corrected chi connectivity index (χ0v) is 10.4. The molecule has 3 rings (SSSR count). The quantitative estimate of drug-likeness (QED) is 0.806. The number of rotatable bonds is 1. The molecule has 1 N–H and O–H groups in total. The molecule has 1 aromatic heterocycles. The van der Waals surface area contributed by atoms with Crippen LogP contribution in [0, 0.1) is 0 Å². The van der Waals surface area contributed by atoms with E-state index in [1.54, 1.807) is 12.4 Å². The van der Waals surface area contributed by atoms with Crippen LogP contribution in [0.1, 0.15) is 32.1 Å². The Bertz CT molecular complexity index is 432. The molecule has 18 heavy (non-hydrogen) atoms. The third kappa shape index (κ3) is 2.17. The van der Waals surface area contributed by atoms with E-state index in [4.69, 9.17) is 0 Å². The van der Waals surface area contributed by atoms with E-state index < -0.39 is 0 Å². The van der Waals surface area contributed by atoms with Crippen LogP contribution in [-0.2, 0) is 4.79 Å². The molecule has 2 fully saturated rings. The second-order valence-electron chi connectivity index (χ2n) is 5.26. The Morgan fingerprint density at radius 2 is 2.00 bits per heavy atom. The van der Waals surface area contributed by atoms with Crippen molar-refractivity contribution in [3.05, 3.63) is 18.5 Å². The number of piperidine rings is 2. The molecule has 96 valence electrons. The van der Waals surface area contributed by atoms with Crippen molar-refractivity contribution in [2.45, 2.75) is 37.6 Å². The smallest absolute Gasteiger partial charge is 0.225 e. The number of carbonyl (C=O) groups is 1. The third-order valence-electron chi connectivity index (χ3n) is 3.88. The molecular weight excluding hydrogens is 228 g/mol. The zero-order valence-electron chi connectivity index (χ0n) is 10.4. The second-order valence-corrected chi connectivity index (χ2v) is 5.26. The van der Waals surface area contributed by atoms with Gasteiger partial charge in [0.1, 0.15) is 0 Å². The number of amides is 1. The van der Waals surface area contributed by atoms with Crippen molar-refractivity contribution >= 4 is 11.9 Å². The zero-order chi connectivity index (χ0) is 12.4. The first kappa shape index (κ1) is 11.4. The number of aromatic nitrogens is 2. The minimum Gasteiger partial charge on any atom is -0.349 e. The van der Waals surface area contributed by atoms with Crippen molar-refractivity contribution in [1.29, 1.82) is 0 Å². The van der Waals surface area contributed by atoms with Crippen LogP contribution in [-0.4, -0.2) is 34.5 Å². The molecule has 0 aliphatic carbocycles. The Morgan fingerprint density at radius 1 is 1.22 bits per heavy atom. The molecule has 0 bridgehead atoms. The lowest BCUT2D eigenvalue weighted by molar-refractivity contribution is -0.125. The molecule has 1 aromatic rings. The summed E-state index contributed by atoms with van der Waals surface area (Å²) in [5, 5.41) is 3.20. The van der Waals surface area contributed by atoms with E-state index in [1.165, 1.54) is 0 Å². The van der Waals surface area contributed by atoms with Gasteiger partial charge in [-0.2, -0.15) is 0 Å². The van der Waals surface area contributed by atoms with E-state index >= 15 is 0 Å². The van der Waals surface area contributed by atoms with Crippen molar-refractivity contribution in [3.63, 3.8) is 0 Å². The van der Waals surface area contributed by atoms with E-state index in [0.29, 0.717) is 6.42 Å². The van der Waals surface area contributed by atoms with Gasteiger partial charge in [0.15, 0.2) is 0 Å². The van der Waals surface area contributed by atoms with Gasteiger partial charge in [-0.3, -0.25) is 4.79 Å². The molecule has 0 saturated carbocycles. The minimum atomic E-state index is -0.0488. The molecule has 5 heteroatoms. The lowest BCUT2D eigenvalue weighted by Crippen LogP contribution is -2.60. The monoisotopic (exact) mass is 246 g/mol. The molecule has 5 nitrogen and oxygen atoms in total. The second kappa shape index (κ2) is 4.55. The topological polar surface area (TPSA) is 58.1 Å². The van der Waals surface area contributed by atoms with Gasteiger partial charge >= 0.3 is 0 Å². The van der Waals surface area contributed by atoms with Crippen LogP contribution >= 0.6 is 0 Å². The standard InChI is InChI=1S/C13H18N4O/c18-11-4-1-5-13(16-11)6-2-9-17(10-13)12-14-7-3-8-15-12/h3,7-8H,1-2,4-6,9-10H2,(H,16,18)/t13-/m0/s1. The molecule has 1 atom stereocenters. The van der Waals surface area contributed by atoms with Crippen molar-refractivity contribution in [2.75, 3.05) is 18.0 Å².